The molecule has 0 amide bonds. The number of fused-ring (bicyclic) bond motifs is 5. The van der Waals surface area contributed by atoms with E-state index in [0.717, 1.165) is 6.42 Å². The summed E-state index contributed by atoms with van der Waals surface area (Å²) >= 11 is 0. The molecule has 0 radical (unpaired) electrons. The Kier molecular flexibility index (Phi) is 3.98. The lowest BCUT2D eigenvalue weighted by atomic mass is 9.62. The first-order valence-electron chi connectivity index (χ1n) is 11.8. The molecule has 2 aliphatic carbocycles. The highest BCUT2D eigenvalue weighted by Crippen LogP contribution is 2.59. The van der Waals surface area contributed by atoms with Gasteiger partial charge < -0.3 is 0 Å². The Morgan fingerprint density at radius 1 is 0.545 bits per heavy atom. The van der Waals surface area contributed by atoms with Crippen molar-refractivity contribution in [3.8, 4) is 11.1 Å². The highest BCUT2D eigenvalue weighted by atomic mass is 14.5. The van der Waals surface area contributed by atoms with Gasteiger partial charge in [0.05, 0.1) is 5.41 Å². The molecular weight excluding hydrogens is 396 g/mol. The lowest BCUT2D eigenvalue weighted by molar-refractivity contribution is 0.458. The van der Waals surface area contributed by atoms with E-state index in [2.05, 4.69) is 127 Å². The monoisotopic (exact) mass is 420 g/mol. The lowest BCUT2D eigenvalue weighted by Gasteiger charge is -2.40. The smallest absolute Gasteiger partial charge is 0.0529 e. The van der Waals surface area contributed by atoms with Crippen molar-refractivity contribution in [3.05, 3.63) is 144 Å². The second kappa shape index (κ2) is 7.05. The minimum absolute atomic E-state index is 0.221. The summed E-state index contributed by atoms with van der Waals surface area (Å²) in [5.41, 5.74) is 6.77. The van der Waals surface area contributed by atoms with Crippen LogP contribution in [0.2, 0.25) is 0 Å². The Morgan fingerprint density at radius 2 is 1.06 bits per heavy atom. The second-order valence-electron chi connectivity index (χ2n) is 9.32. The van der Waals surface area contributed by atoms with Crippen LogP contribution in [0.3, 0.4) is 0 Å². The van der Waals surface area contributed by atoms with Gasteiger partial charge in [-0.25, -0.2) is 0 Å². The van der Waals surface area contributed by atoms with E-state index in [1.54, 1.807) is 0 Å². The van der Waals surface area contributed by atoms with Crippen LogP contribution in [0, 0.1) is 5.92 Å². The average Bonchev–Trinajstić information content (AvgIpc) is 3.16. The van der Waals surface area contributed by atoms with Gasteiger partial charge in [-0.05, 0) is 86.0 Å². The third-order valence-corrected chi connectivity index (χ3v) is 7.68. The van der Waals surface area contributed by atoms with E-state index >= 15 is 0 Å². The zero-order chi connectivity index (χ0) is 21.8. The Labute approximate surface area is 194 Å². The molecule has 0 aromatic heterocycles. The van der Waals surface area contributed by atoms with Crippen LogP contribution in [0.4, 0.5) is 0 Å². The molecule has 1 unspecified atom stereocenters. The maximum absolute atomic E-state index is 2.47. The highest BCUT2D eigenvalue weighted by molar-refractivity contribution is 5.99. The number of rotatable bonds is 2. The van der Waals surface area contributed by atoms with E-state index in [0.29, 0.717) is 5.92 Å². The van der Waals surface area contributed by atoms with Crippen molar-refractivity contribution < 1.29 is 0 Å². The van der Waals surface area contributed by atoms with Gasteiger partial charge in [-0.15, -0.1) is 0 Å². The Hall–Kier alpha value is -3.90. The largest absolute Gasteiger partial charge is 0.0839 e. The fourth-order valence-corrected chi connectivity index (χ4v) is 6.25. The predicted molar refractivity (Wildman–Crippen MR) is 140 cm³/mol. The molecule has 0 saturated carbocycles. The molecule has 5 aromatic rings. The fraction of sp³-hybridized carbons (Fsp3) is 0.0909. The van der Waals surface area contributed by atoms with Crippen molar-refractivity contribution in [2.24, 2.45) is 5.92 Å². The van der Waals surface area contributed by atoms with Crippen molar-refractivity contribution >= 4 is 21.5 Å². The summed E-state index contributed by atoms with van der Waals surface area (Å²) in [6, 6.07) is 38.5. The molecule has 0 aliphatic heterocycles. The molecule has 0 bridgehead atoms. The summed E-state index contributed by atoms with van der Waals surface area (Å²) in [7, 11) is 0. The standard InChI is InChI=1S/C33H24/c1-3-15-27(16-4-1)33(28-17-5-2-6-18-28)31-21-25-13-9-7-11-23(25)19-29(31)30-20-24-12-8-10-14-26(24)22-32(30)33/h1-17,19-22,28H,18H2. The molecule has 33 heavy (non-hydrogen) atoms. The van der Waals surface area contributed by atoms with Crippen molar-refractivity contribution in [1.82, 2.24) is 0 Å². The first-order valence-corrected chi connectivity index (χ1v) is 11.8. The van der Waals surface area contributed by atoms with Crippen LogP contribution in [0.25, 0.3) is 32.7 Å². The van der Waals surface area contributed by atoms with E-state index in [1.807, 2.05) is 0 Å². The first-order chi connectivity index (χ1) is 16.4. The molecule has 0 nitrogen and oxygen atoms in total. The molecule has 156 valence electrons. The van der Waals surface area contributed by atoms with Crippen LogP contribution in [0.1, 0.15) is 23.1 Å². The van der Waals surface area contributed by atoms with Crippen LogP contribution in [0.5, 0.6) is 0 Å². The Morgan fingerprint density at radius 3 is 1.58 bits per heavy atom. The number of allylic oxidation sites excluding steroid dienone is 4. The SMILES string of the molecule is C1=CCC(C2(c3ccccc3)c3cc4ccccc4cc3-c3cc4ccccc4cc32)C=C1. The van der Waals surface area contributed by atoms with Crippen LogP contribution in [-0.2, 0) is 5.41 Å². The molecule has 0 spiro atoms. The van der Waals surface area contributed by atoms with Crippen molar-refractivity contribution in [2.45, 2.75) is 11.8 Å². The second-order valence-corrected chi connectivity index (χ2v) is 9.32. The molecule has 0 fully saturated rings. The van der Waals surface area contributed by atoms with Crippen LogP contribution in [0.15, 0.2) is 127 Å². The van der Waals surface area contributed by atoms with Gasteiger partial charge in [-0.1, -0.05) is 103 Å². The fourth-order valence-electron chi connectivity index (χ4n) is 6.25. The van der Waals surface area contributed by atoms with Gasteiger partial charge in [-0.2, -0.15) is 0 Å². The van der Waals surface area contributed by atoms with E-state index in [1.165, 1.54) is 49.4 Å². The quantitative estimate of drug-likeness (QED) is 0.269. The zero-order valence-corrected chi connectivity index (χ0v) is 18.4. The number of benzene rings is 5. The maximum Gasteiger partial charge on any atom is 0.0529 e. The summed E-state index contributed by atoms with van der Waals surface area (Å²) in [6.45, 7) is 0. The van der Waals surface area contributed by atoms with Crippen LogP contribution in [-0.4, -0.2) is 0 Å². The Balaban J connectivity index is 1.67. The van der Waals surface area contributed by atoms with Crippen LogP contribution < -0.4 is 0 Å². The lowest BCUT2D eigenvalue weighted by Crippen LogP contribution is -2.35. The summed E-state index contributed by atoms with van der Waals surface area (Å²) < 4.78 is 0. The van der Waals surface area contributed by atoms with E-state index < -0.39 is 0 Å². The number of hydrogen-bond donors (Lipinski definition) is 0. The van der Waals surface area contributed by atoms with Gasteiger partial charge in [0.25, 0.3) is 0 Å². The summed E-state index contributed by atoms with van der Waals surface area (Å²) in [5, 5.41) is 5.23. The van der Waals surface area contributed by atoms with Crippen LogP contribution >= 0.6 is 0 Å². The summed E-state index contributed by atoms with van der Waals surface area (Å²) in [4.78, 5) is 0. The molecular formula is C33H24. The molecule has 0 heteroatoms. The molecule has 0 heterocycles. The molecule has 5 aromatic carbocycles. The zero-order valence-electron chi connectivity index (χ0n) is 18.4. The minimum Gasteiger partial charge on any atom is -0.0839 e. The molecule has 2 aliphatic rings. The van der Waals surface area contributed by atoms with Crippen molar-refractivity contribution in [2.75, 3.05) is 0 Å². The Bertz CT molecular complexity index is 1500. The molecule has 0 saturated heterocycles. The summed E-state index contributed by atoms with van der Waals surface area (Å²) in [5.74, 6) is 0.354. The third kappa shape index (κ3) is 2.58. The molecule has 7 rings (SSSR count). The molecule has 0 N–H and O–H groups in total. The minimum atomic E-state index is -0.221. The number of hydrogen-bond acceptors (Lipinski definition) is 0. The third-order valence-electron chi connectivity index (χ3n) is 7.68. The van der Waals surface area contributed by atoms with Gasteiger partial charge in [0.1, 0.15) is 0 Å². The van der Waals surface area contributed by atoms with E-state index in [4.69, 9.17) is 0 Å². The van der Waals surface area contributed by atoms with E-state index in [-0.39, 0.29) is 5.41 Å². The van der Waals surface area contributed by atoms with Gasteiger partial charge in [0.2, 0.25) is 0 Å². The van der Waals surface area contributed by atoms with E-state index in [9.17, 15) is 0 Å². The normalized spacial score (nSPS) is 17.9. The van der Waals surface area contributed by atoms with Gasteiger partial charge in [-0.3, -0.25) is 0 Å². The maximum atomic E-state index is 2.47. The molecule has 1 atom stereocenters. The predicted octanol–water partition coefficient (Wildman–Crippen LogP) is 8.44. The van der Waals surface area contributed by atoms with Gasteiger partial charge >= 0.3 is 0 Å². The van der Waals surface area contributed by atoms with Crippen molar-refractivity contribution in [3.63, 3.8) is 0 Å². The van der Waals surface area contributed by atoms with Gasteiger partial charge in [0, 0.05) is 0 Å². The van der Waals surface area contributed by atoms with Crippen molar-refractivity contribution in [1.29, 1.82) is 0 Å². The topological polar surface area (TPSA) is 0 Å². The highest BCUT2D eigenvalue weighted by Gasteiger charge is 2.49. The first kappa shape index (κ1) is 18.7. The average molecular weight is 421 g/mol. The summed E-state index contributed by atoms with van der Waals surface area (Å²) in [6.07, 6.45) is 10.2. The van der Waals surface area contributed by atoms with Gasteiger partial charge in [0.15, 0.2) is 0 Å².